The van der Waals surface area contributed by atoms with Gasteiger partial charge in [0.05, 0.1) is 15.6 Å². The Morgan fingerprint density at radius 2 is 1.70 bits per heavy atom. The number of nitrogens with two attached hydrogens (primary N) is 1. The van der Waals surface area contributed by atoms with Gasteiger partial charge in [0.2, 0.25) is 11.8 Å². The zero-order valence-electron chi connectivity index (χ0n) is 16.1. The number of sulfonamides is 1. The topological polar surface area (TPSA) is 110 Å². The largest absolute Gasteiger partial charge is 0.369 e. The number of benzene rings is 2. The molecule has 0 atom stereocenters. The number of nitrogens with zero attached hydrogens (tertiary/aromatic N) is 1. The standard InChI is InChI=1S/C21H22ClN3O4S/c22-18-3-1-2-4-19(18)24-30(28,29)17-8-5-15(6-9-17)7-10-20(26)25-13-11-16(12-14-25)21(23)27/h1-10,16,24H,11-14H2,(H2,23,27)/b10-7+. The summed E-state index contributed by atoms with van der Waals surface area (Å²) in [6, 6.07) is 12.7. The first-order valence-electron chi connectivity index (χ1n) is 9.40. The Morgan fingerprint density at radius 1 is 1.07 bits per heavy atom. The average molecular weight is 448 g/mol. The smallest absolute Gasteiger partial charge is 0.261 e. The second-order valence-corrected chi connectivity index (χ2v) is 9.08. The number of carbonyl (C=O) groups is 2. The molecule has 0 saturated carbocycles. The van der Waals surface area contributed by atoms with Crippen LogP contribution in [0.15, 0.2) is 59.5 Å². The summed E-state index contributed by atoms with van der Waals surface area (Å²) in [7, 11) is -3.78. The first-order valence-corrected chi connectivity index (χ1v) is 11.3. The molecular weight excluding hydrogens is 426 g/mol. The maximum Gasteiger partial charge on any atom is 0.261 e. The van der Waals surface area contributed by atoms with E-state index in [9.17, 15) is 18.0 Å². The molecule has 7 nitrogen and oxygen atoms in total. The van der Waals surface area contributed by atoms with E-state index in [0.29, 0.717) is 42.2 Å². The van der Waals surface area contributed by atoms with Crippen LogP contribution in [0.2, 0.25) is 5.02 Å². The molecule has 0 aromatic heterocycles. The summed E-state index contributed by atoms with van der Waals surface area (Å²) in [5, 5.41) is 0.305. The molecule has 30 heavy (non-hydrogen) atoms. The molecule has 1 aliphatic rings. The number of amides is 2. The highest BCUT2D eigenvalue weighted by Crippen LogP contribution is 2.24. The molecule has 2 amide bonds. The van der Waals surface area contributed by atoms with Crippen LogP contribution in [0.5, 0.6) is 0 Å². The van der Waals surface area contributed by atoms with Crippen LogP contribution >= 0.6 is 11.6 Å². The van der Waals surface area contributed by atoms with E-state index in [-0.39, 0.29) is 22.6 Å². The number of hydrogen-bond donors (Lipinski definition) is 2. The fraction of sp³-hybridized carbons (Fsp3) is 0.238. The number of carbonyl (C=O) groups excluding carboxylic acids is 2. The van der Waals surface area contributed by atoms with Crippen LogP contribution in [0.1, 0.15) is 18.4 Å². The highest BCUT2D eigenvalue weighted by Gasteiger charge is 2.24. The molecule has 1 saturated heterocycles. The van der Waals surface area contributed by atoms with Gasteiger partial charge in [0, 0.05) is 25.1 Å². The first-order chi connectivity index (χ1) is 14.3. The van der Waals surface area contributed by atoms with Gasteiger partial charge in [-0.3, -0.25) is 14.3 Å². The van der Waals surface area contributed by atoms with Crippen molar-refractivity contribution in [3.05, 3.63) is 65.2 Å². The van der Waals surface area contributed by atoms with E-state index in [2.05, 4.69) is 4.72 Å². The fourth-order valence-electron chi connectivity index (χ4n) is 3.16. The Morgan fingerprint density at radius 3 is 2.30 bits per heavy atom. The van der Waals surface area contributed by atoms with Gasteiger partial charge in [-0.1, -0.05) is 35.9 Å². The molecule has 0 bridgehead atoms. The Bertz CT molecular complexity index is 1060. The van der Waals surface area contributed by atoms with Crippen LogP contribution in [0.4, 0.5) is 5.69 Å². The van der Waals surface area contributed by atoms with Crippen molar-refractivity contribution in [3.63, 3.8) is 0 Å². The van der Waals surface area contributed by atoms with E-state index in [1.165, 1.54) is 18.2 Å². The Balaban J connectivity index is 1.62. The number of hydrogen-bond acceptors (Lipinski definition) is 4. The van der Waals surface area contributed by atoms with E-state index in [1.54, 1.807) is 47.4 Å². The normalized spacial score (nSPS) is 15.3. The van der Waals surface area contributed by atoms with Gasteiger partial charge in [-0.2, -0.15) is 0 Å². The van der Waals surface area contributed by atoms with Gasteiger partial charge in [-0.25, -0.2) is 8.42 Å². The molecule has 1 fully saturated rings. The fourth-order valence-corrected chi connectivity index (χ4v) is 4.48. The third kappa shape index (κ3) is 5.40. The van der Waals surface area contributed by atoms with Crippen LogP contribution in [-0.4, -0.2) is 38.2 Å². The molecule has 3 rings (SSSR count). The molecule has 0 aliphatic carbocycles. The van der Waals surface area contributed by atoms with Crippen LogP contribution in [0, 0.1) is 5.92 Å². The van der Waals surface area contributed by atoms with Crippen molar-refractivity contribution in [3.8, 4) is 0 Å². The number of piperidine rings is 1. The maximum absolute atomic E-state index is 12.5. The predicted molar refractivity (Wildman–Crippen MR) is 116 cm³/mol. The van der Waals surface area contributed by atoms with Crippen LogP contribution in [-0.2, 0) is 19.6 Å². The summed E-state index contributed by atoms with van der Waals surface area (Å²) in [6.07, 6.45) is 4.20. The average Bonchev–Trinajstić information content (AvgIpc) is 2.74. The lowest BCUT2D eigenvalue weighted by molar-refractivity contribution is -0.130. The minimum atomic E-state index is -3.78. The lowest BCUT2D eigenvalue weighted by Crippen LogP contribution is -2.41. The molecule has 2 aromatic carbocycles. The number of anilines is 1. The van der Waals surface area contributed by atoms with Gasteiger partial charge in [-0.15, -0.1) is 0 Å². The summed E-state index contributed by atoms with van der Waals surface area (Å²) in [5.41, 5.74) is 6.29. The van der Waals surface area contributed by atoms with Gasteiger partial charge in [0.1, 0.15) is 0 Å². The van der Waals surface area contributed by atoms with Crippen molar-refractivity contribution >= 4 is 45.2 Å². The van der Waals surface area contributed by atoms with Crippen molar-refractivity contribution in [2.75, 3.05) is 17.8 Å². The summed E-state index contributed by atoms with van der Waals surface area (Å²) in [6.45, 7) is 0.976. The van der Waals surface area contributed by atoms with E-state index < -0.39 is 10.0 Å². The van der Waals surface area contributed by atoms with E-state index in [0.717, 1.165) is 0 Å². The van der Waals surface area contributed by atoms with Gasteiger partial charge >= 0.3 is 0 Å². The summed E-state index contributed by atoms with van der Waals surface area (Å²) in [4.78, 5) is 25.3. The molecular formula is C21H22ClN3O4S. The summed E-state index contributed by atoms with van der Waals surface area (Å²) in [5.74, 6) is -0.654. The quantitative estimate of drug-likeness (QED) is 0.663. The predicted octanol–water partition coefficient (Wildman–Crippen LogP) is 2.88. The van der Waals surface area contributed by atoms with Crippen molar-refractivity contribution in [2.24, 2.45) is 11.7 Å². The van der Waals surface area contributed by atoms with Gasteiger partial charge in [-0.05, 0) is 48.7 Å². The lowest BCUT2D eigenvalue weighted by atomic mass is 9.96. The molecule has 1 aliphatic heterocycles. The maximum atomic E-state index is 12.5. The number of primary amides is 1. The van der Waals surface area contributed by atoms with Crippen LogP contribution in [0.3, 0.4) is 0 Å². The third-order valence-electron chi connectivity index (χ3n) is 4.94. The zero-order valence-corrected chi connectivity index (χ0v) is 17.7. The Labute approximate surface area is 180 Å². The van der Waals surface area contributed by atoms with Crippen LogP contribution < -0.4 is 10.5 Å². The van der Waals surface area contributed by atoms with E-state index in [1.807, 2.05) is 0 Å². The molecule has 158 valence electrons. The SMILES string of the molecule is NC(=O)C1CCN(C(=O)/C=C/c2ccc(S(=O)(=O)Nc3ccccc3Cl)cc2)CC1. The highest BCUT2D eigenvalue weighted by atomic mass is 35.5. The van der Waals surface area contributed by atoms with Crippen molar-refractivity contribution in [1.82, 2.24) is 4.90 Å². The van der Waals surface area contributed by atoms with E-state index >= 15 is 0 Å². The molecule has 9 heteroatoms. The summed E-state index contributed by atoms with van der Waals surface area (Å²) < 4.78 is 27.5. The van der Waals surface area contributed by atoms with Gasteiger partial charge < -0.3 is 10.6 Å². The second-order valence-electron chi connectivity index (χ2n) is 6.99. The van der Waals surface area contributed by atoms with Crippen LogP contribution in [0.25, 0.3) is 6.08 Å². The van der Waals surface area contributed by atoms with Gasteiger partial charge in [0.25, 0.3) is 10.0 Å². The second kappa shape index (κ2) is 9.32. The lowest BCUT2D eigenvalue weighted by Gasteiger charge is -2.29. The van der Waals surface area contributed by atoms with Crippen molar-refractivity contribution < 1.29 is 18.0 Å². The summed E-state index contributed by atoms with van der Waals surface area (Å²) >= 11 is 6.01. The highest BCUT2D eigenvalue weighted by molar-refractivity contribution is 7.92. The minimum absolute atomic E-state index is 0.0828. The number of likely N-dealkylation sites (tertiary alicyclic amines) is 1. The van der Waals surface area contributed by atoms with Gasteiger partial charge in [0.15, 0.2) is 0 Å². The molecule has 0 spiro atoms. The van der Waals surface area contributed by atoms with Crippen molar-refractivity contribution in [2.45, 2.75) is 17.7 Å². The number of nitrogens with one attached hydrogen (secondary N) is 1. The van der Waals surface area contributed by atoms with Crippen molar-refractivity contribution in [1.29, 1.82) is 0 Å². The zero-order chi connectivity index (χ0) is 21.7. The third-order valence-corrected chi connectivity index (χ3v) is 6.65. The Kier molecular flexibility index (Phi) is 6.79. The number of para-hydroxylation sites is 1. The molecule has 1 heterocycles. The Hall–Kier alpha value is -2.84. The number of rotatable bonds is 6. The molecule has 2 aromatic rings. The first kappa shape index (κ1) is 21.9. The molecule has 0 unspecified atom stereocenters. The molecule has 0 radical (unpaired) electrons. The monoisotopic (exact) mass is 447 g/mol. The molecule has 3 N–H and O–H groups in total. The number of halogens is 1. The minimum Gasteiger partial charge on any atom is -0.369 e. The van der Waals surface area contributed by atoms with E-state index in [4.69, 9.17) is 17.3 Å².